The van der Waals surface area contributed by atoms with Crippen LogP contribution in [-0.4, -0.2) is 29.1 Å². The number of hydrogen-bond donors (Lipinski definition) is 1. The van der Waals surface area contributed by atoms with Crippen molar-refractivity contribution in [3.63, 3.8) is 0 Å². The zero-order valence-electron chi connectivity index (χ0n) is 11.9. The number of nitrogens with zero attached hydrogens (tertiary/aromatic N) is 4. The lowest BCUT2D eigenvalue weighted by Crippen LogP contribution is -2.15. The Kier molecular flexibility index (Phi) is 4.06. The van der Waals surface area contributed by atoms with Gasteiger partial charge < -0.3 is 10.2 Å². The third-order valence-corrected chi connectivity index (χ3v) is 3.07. The van der Waals surface area contributed by atoms with Crippen LogP contribution in [0, 0.1) is 0 Å². The summed E-state index contributed by atoms with van der Waals surface area (Å²) in [5.41, 5.74) is 1.19. The highest BCUT2D eigenvalue weighted by atomic mass is 19.4. The number of halogens is 3. The summed E-state index contributed by atoms with van der Waals surface area (Å²) in [7, 11) is 5.28. The van der Waals surface area contributed by atoms with Gasteiger partial charge in [-0.15, -0.1) is 5.10 Å². The molecule has 0 aliphatic rings. The molecule has 0 radical (unpaired) electrons. The summed E-state index contributed by atoms with van der Waals surface area (Å²) in [6.45, 7) is 0.339. The van der Waals surface area contributed by atoms with Crippen LogP contribution in [0.5, 0.6) is 0 Å². The smallest absolute Gasteiger partial charge is 0.378 e. The SMILES string of the molecule is CN(C)c1ccc(C(F)(F)F)cc1NCc1cnnn1C. The summed E-state index contributed by atoms with van der Waals surface area (Å²) in [4.78, 5) is 1.75. The molecule has 0 saturated carbocycles. The fourth-order valence-corrected chi connectivity index (χ4v) is 1.90. The van der Waals surface area contributed by atoms with Crippen molar-refractivity contribution in [2.45, 2.75) is 12.7 Å². The maximum atomic E-state index is 12.8. The largest absolute Gasteiger partial charge is 0.416 e. The number of alkyl halides is 3. The third-order valence-electron chi connectivity index (χ3n) is 3.07. The van der Waals surface area contributed by atoms with Crippen molar-refractivity contribution in [3.8, 4) is 0 Å². The Morgan fingerprint density at radius 2 is 2.00 bits per heavy atom. The van der Waals surface area contributed by atoms with Crippen molar-refractivity contribution in [3.05, 3.63) is 35.7 Å². The predicted octanol–water partition coefficient (Wildman–Crippen LogP) is 2.51. The van der Waals surface area contributed by atoms with Crippen LogP contribution in [0.2, 0.25) is 0 Å². The fourth-order valence-electron chi connectivity index (χ4n) is 1.90. The topological polar surface area (TPSA) is 46.0 Å². The van der Waals surface area contributed by atoms with Crippen LogP contribution in [0.3, 0.4) is 0 Å². The summed E-state index contributed by atoms with van der Waals surface area (Å²) in [5.74, 6) is 0. The Morgan fingerprint density at radius 3 is 2.52 bits per heavy atom. The van der Waals surface area contributed by atoms with E-state index in [0.717, 1.165) is 17.8 Å². The van der Waals surface area contributed by atoms with Crippen LogP contribution in [0.15, 0.2) is 24.4 Å². The van der Waals surface area contributed by atoms with Gasteiger partial charge in [0.2, 0.25) is 0 Å². The van der Waals surface area contributed by atoms with Crippen molar-refractivity contribution in [2.24, 2.45) is 7.05 Å². The Balaban J connectivity index is 2.28. The van der Waals surface area contributed by atoms with Crippen LogP contribution < -0.4 is 10.2 Å². The van der Waals surface area contributed by atoms with Crippen LogP contribution >= 0.6 is 0 Å². The molecule has 0 bridgehead atoms. The minimum atomic E-state index is -4.37. The molecular formula is C13H16F3N5. The van der Waals surface area contributed by atoms with Gasteiger partial charge in [-0.05, 0) is 18.2 Å². The van der Waals surface area contributed by atoms with Gasteiger partial charge in [0, 0.05) is 21.1 Å². The van der Waals surface area contributed by atoms with Crippen LogP contribution in [0.4, 0.5) is 24.5 Å². The van der Waals surface area contributed by atoms with Crippen molar-refractivity contribution < 1.29 is 13.2 Å². The Bertz CT molecular complexity index is 619. The van der Waals surface area contributed by atoms with E-state index in [-0.39, 0.29) is 0 Å². The highest BCUT2D eigenvalue weighted by Crippen LogP contribution is 2.35. The molecule has 0 aliphatic carbocycles. The number of hydrogen-bond acceptors (Lipinski definition) is 4. The Labute approximate surface area is 120 Å². The molecule has 0 spiro atoms. The number of aromatic nitrogens is 3. The third kappa shape index (κ3) is 3.45. The Hall–Kier alpha value is -2.25. The minimum Gasteiger partial charge on any atom is -0.378 e. The van der Waals surface area contributed by atoms with E-state index in [1.807, 2.05) is 0 Å². The Morgan fingerprint density at radius 1 is 1.29 bits per heavy atom. The highest BCUT2D eigenvalue weighted by Gasteiger charge is 2.31. The van der Waals surface area contributed by atoms with Crippen molar-refractivity contribution in [2.75, 3.05) is 24.3 Å². The van der Waals surface area contributed by atoms with E-state index in [9.17, 15) is 13.2 Å². The minimum absolute atomic E-state index is 0.339. The van der Waals surface area contributed by atoms with Gasteiger partial charge in [0.15, 0.2) is 0 Å². The van der Waals surface area contributed by atoms with E-state index in [1.54, 1.807) is 36.9 Å². The second-order valence-electron chi connectivity index (χ2n) is 4.83. The van der Waals surface area contributed by atoms with E-state index < -0.39 is 11.7 Å². The molecule has 1 aromatic carbocycles. The van der Waals surface area contributed by atoms with Gasteiger partial charge in [-0.25, -0.2) is 0 Å². The number of benzene rings is 1. The molecule has 5 nitrogen and oxygen atoms in total. The first-order chi connectivity index (χ1) is 9.79. The van der Waals surface area contributed by atoms with Gasteiger partial charge in [-0.3, -0.25) is 4.68 Å². The molecule has 2 aromatic rings. The zero-order valence-corrected chi connectivity index (χ0v) is 11.9. The van der Waals surface area contributed by atoms with Crippen LogP contribution in [0.1, 0.15) is 11.3 Å². The van der Waals surface area contributed by atoms with Crippen molar-refractivity contribution in [1.82, 2.24) is 15.0 Å². The van der Waals surface area contributed by atoms with Gasteiger partial charge in [0.05, 0.1) is 35.4 Å². The first-order valence-corrected chi connectivity index (χ1v) is 6.25. The highest BCUT2D eigenvalue weighted by molar-refractivity contribution is 5.70. The first-order valence-electron chi connectivity index (χ1n) is 6.25. The van der Waals surface area contributed by atoms with Gasteiger partial charge >= 0.3 is 6.18 Å². The van der Waals surface area contributed by atoms with E-state index in [1.165, 1.54) is 6.07 Å². The number of rotatable bonds is 4. The number of nitrogens with one attached hydrogen (secondary N) is 1. The molecule has 0 atom stereocenters. The molecule has 114 valence electrons. The zero-order chi connectivity index (χ0) is 15.6. The molecule has 0 unspecified atom stereocenters. The monoisotopic (exact) mass is 299 g/mol. The fraction of sp³-hybridized carbons (Fsp3) is 0.385. The van der Waals surface area contributed by atoms with E-state index >= 15 is 0 Å². The normalized spacial score (nSPS) is 11.5. The van der Waals surface area contributed by atoms with Crippen LogP contribution in [0.25, 0.3) is 0 Å². The molecule has 8 heteroatoms. The first kappa shape index (κ1) is 15.1. The van der Waals surface area contributed by atoms with Crippen molar-refractivity contribution >= 4 is 11.4 Å². The van der Waals surface area contributed by atoms with Gasteiger partial charge in [0.1, 0.15) is 0 Å². The summed E-state index contributed by atoms with van der Waals surface area (Å²) in [6, 6.07) is 3.64. The van der Waals surface area contributed by atoms with Crippen LogP contribution in [-0.2, 0) is 19.8 Å². The summed E-state index contributed by atoms with van der Waals surface area (Å²) in [5, 5.41) is 10.5. The molecule has 0 saturated heterocycles. The maximum Gasteiger partial charge on any atom is 0.416 e. The lowest BCUT2D eigenvalue weighted by atomic mass is 10.1. The quantitative estimate of drug-likeness (QED) is 0.942. The molecule has 21 heavy (non-hydrogen) atoms. The van der Waals surface area contributed by atoms with Gasteiger partial charge in [0.25, 0.3) is 0 Å². The second-order valence-corrected chi connectivity index (χ2v) is 4.83. The second kappa shape index (κ2) is 5.63. The summed E-state index contributed by atoms with van der Waals surface area (Å²) in [6.07, 6.45) is -2.80. The number of aryl methyl sites for hydroxylation is 1. The summed E-state index contributed by atoms with van der Waals surface area (Å²) < 4.78 is 40.0. The standard InChI is InChI=1S/C13H16F3N5/c1-20(2)12-5-4-9(13(14,15)16)6-11(12)17-7-10-8-18-19-21(10)3/h4-6,8,17H,7H2,1-3H3. The molecule has 1 heterocycles. The van der Waals surface area contributed by atoms with E-state index in [0.29, 0.717) is 17.9 Å². The van der Waals surface area contributed by atoms with E-state index in [2.05, 4.69) is 15.6 Å². The molecule has 0 fully saturated rings. The molecule has 1 N–H and O–H groups in total. The molecular weight excluding hydrogens is 283 g/mol. The van der Waals surface area contributed by atoms with Gasteiger partial charge in [-0.1, -0.05) is 5.21 Å². The average Bonchev–Trinajstić information content (AvgIpc) is 2.80. The van der Waals surface area contributed by atoms with E-state index in [4.69, 9.17) is 0 Å². The number of anilines is 2. The maximum absolute atomic E-state index is 12.8. The average molecular weight is 299 g/mol. The molecule has 1 aromatic heterocycles. The molecule has 0 aliphatic heterocycles. The lowest BCUT2D eigenvalue weighted by Gasteiger charge is -2.20. The molecule has 0 amide bonds. The summed E-state index contributed by atoms with van der Waals surface area (Å²) >= 11 is 0. The van der Waals surface area contributed by atoms with Crippen molar-refractivity contribution in [1.29, 1.82) is 0 Å². The predicted molar refractivity (Wildman–Crippen MR) is 74.1 cm³/mol. The van der Waals surface area contributed by atoms with Gasteiger partial charge in [-0.2, -0.15) is 13.2 Å². The molecule has 2 rings (SSSR count). The lowest BCUT2D eigenvalue weighted by molar-refractivity contribution is -0.137.